The number of carbonyl (C=O) groups is 3. The molecule has 0 bridgehead atoms. The number of carbonyl (C=O) groups excluding carboxylic acids is 3. The summed E-state index contributed by atoms with van der Waals surface area (Å²) < 4.78 is 55.9. The van der Waals surface area contributed by atoms with Crippen LogP contribution in [0.25, 0.3) is 0 Å². The van der Waals surface area contributed by atoms with E-state index < -0.39 is 168 Å². The Hall–Kier alpha value is -1.43. The molecule has 0 aromatic heterocycles. The molecule has 17 N–H and O–H groups in total. The van der Waals surface area contributed by atoms with E-state index in [4.69, 9.17) is 28.4 Å². The summed E-state index contributed by atoms with van der Waals surface area (Å²) in [5, 5.41) is 152. The van der Waals surface area contributed by atoms with Gasteiger partial charge in [0.2, 0.25) is 17.7 Å². The first kappa shape index (κ1) is 64.1. The van der Waals surface area contributed by atoms with E-state index in [-0.39, 0.29) is 63.1 Å². The van der Waals surface area contributed by atoms with Crippen LogP contribution in [-0.4, -0.2) is 313 Å². The minimum atomic E-state index is -3.20. The van der Waals surface area contributed by atoms with E-state index in [1.54, 1.807) is 4.90 Å². The van der Waals surface area contributed by atoms with Crippen molar-refractivity contribution in [2.24, 2.45) is 0 Å². The van der Waals surface area contributed by atoms with E-state index in [0.29, 0.717) is 18.6 Å². The smallest absolute Gasteiger partial charge is 0.230 e. The standard InChI is InChI=1S/C40H72N4O25S4/c1-73(62,63)72-11-3-2-4-22(49)41-5-8-44(9-6-42-23(50)16-70-39-33(60)29(56)35(20(14-47)66-39)68-37-31(58)27(54)25(52)18(12-45)64-37)10-7-43-24(51)17-71-40-34(61)30(57)36(21(15-48)67-40)69-38-32(59)28(55)26(53)19(13-46)65-38/h18-21,25-40,45-48,52-61H,2-17H2,1H3,(H,41,49)(H,42,50)(H,43,51)/t18-,19-,20-,21-,25+,26+,27+,28+,29-,30-,31-,32-,33-,34-,35+,36+,37-,38-,39+,40+/m1/s1. The van der Waals surface area contributed by atoms with Crippen molar-refractivity contribution >= 4 is 60.9 Å². The molecule has 29 nitrogen and oxygen atoms in total. The number of amides is 3. The second-order valence-corrected chi connectivity index (χ2v) is 24.3. The zero-order valence-corrected chi connectivity index (χ0v) is 43.0. The fourth-order valence-corrected chi connectivity index (χ4v) is 11.8. The van der Waals surface area contributed by atoms with Gasteiger partial charge in [-0.1, -0.05) is 0 Å². The highest BCUT2D eigenvalue weighted by atomic mass is 33.1. The fraction of sp³-hybridized carbons (Fsp3) is 0.925. The monoisotopic (exact) mass is 1140 g/mol. The van der Waals surface area contributed by atoms with Gasteiger partial charge in [0.05, 0.1) is 37.9 Å². The molecule has 0 aliphatic carbocycles. The van der Waals surface area contributed by atoms with Crippen molar-refractivity contribution < 1.29 is 123 Å². The number of nitrogens with one attached hydrogen (secondary N) is 3. The molecule has 20 atom stereocenters. The largest absolute Gasteiger partial charge is 0.394 e. The van der Waals surface area contributed by atoms with Crippen LogP contribution in [0.15, 0.2) is 0 Å². The Balaban J connectivity index is 1.25. The quantitative estimate of drug-likeness (QED) is 0.0244. The van der Waals surface area contributed by atoms with Crippen LogP contribution < -0.4 is 16.0 Å². The van der Waals surface area contributed by atoms with Crippen LogP contribution in [0.2, 0.25) is 0 Å². The lowest BCUT2D eigenvalue weighted by Crippen LogP contribution is -2.64. The van der Waals surface area contributed by atoms with Crippen LogP contribution in [0.4, 0.5) is 0 Å². The minimum Gasteiger partial charge on any atom is -0.394 e. The number of hydrogen-bond acceptors (Lipinski definition) is 29. The molecule has 4 saturated heterocycles. The molecule has 0 radical (unpaired) electrons. The van der Waals surface area contributed by atoms with Gasteiger partial charge in [-0.2, -0.15) is 0 Å². The van der Waals surface area contributed by atoms with Gasteiger partial charge in [0, 0.05) is 57.7 Å². The van der Waals surface area contributed by atoms with Crippen molar-refractivity contribution in [3.63, 3.8) is 0 Å². The summed E-state index contributed by atoms with van der Waals surface area (Å²) in [5.41, 5.74) is -2.53. The minimum absolute atomic E-state index is 0.0481. The highest BCUT2D eigenvalue weighted by Crippen LogP contribution is 2.34. The molecular weight excluding hydrogens is 1060 g/mol. The van der Waals surface area contributed by atoms with E-state index in [0.717, 1.165) is 40.6 Å². The van der Waals surface area contributed by atoms with Crippen molar-refractivity contribution in [1.82, 2.24) is 20.9 Å². The van der Waals surface area contributed by atoms with Gasteiger partial charge < -0.3 is 116 Å². The molecule has 4 rings (SSSR count). The predicted molar refractivity (Wildman–Crippen MR) is 254 cm³/mol. The topological polar surface area (TPSA) is 463 Å². The number of unbranched alkanes of at least 4 members (excludes halogenated alkanes) is 1. The number of rotatable bonds is 29. The van der Waals surface area contributed by atoms with Crippen LogP contribution >= 0.6 is 34.3 Å². The van der Waals surface area contributed by atoms with E-state index in [1.807, 2.05) is 0 Å². The molecule has 426 valence electrons. The normalized spacial score (nSPS) is 37.2. The van der Waals surface area contributed by atoms with Gasteiger partial charge in [-0.3, -0.25) is 19.3 Å². The Labute approximate surface area is 432 Å². The number of aliphatic hydroxyl groups excluding tert-OH is 14. The number of hydrogen-bond donors (Lipinski definition) is 17. The third-order valence-electron chi connectivity index (χ3n) is 12.0. The van der Waals surface area contributed by atoms with Gasteiger partial charge in [-0.15, -0.1) is 23.5 Å². The number of ether oxygens (including phenoxy) is 6. The Morgan fingerprint density at radius 1 is 0.507 bits per heavy atom. The van der Waals surface area contributed by atoms with Gasteiger partial charge >= 0.3 is 0 Å². The van der Waals surface area contributed by atoms with Gasteiger partial charge in [0.1, 0.15) is 109 Å². The first-order valence-corrected chi connectivity index (χ1v) is 28.8. The molecule has 4 heterocycles. The van der Waals surface area contributed by atoms with E-state index in [2.05, 4.69) is 16.0 Å². The van der Waals surface area contributed by atoms with Crippen molar-refractivity contribution in [3.8, 4) is 0 Å². The molecule has 4 aliphatic rings. The van der Waals surface area contributed by atoms with Crippen LogP contribution in [0.3, 0.4) is 0 Å². The van der Waals surface area contributed by atoms with Crippen molar-refractivity contribution in [2.75, 3.05) is 89.2 Å². The summed E-state index contributed by atoms with van der Waals surface area (Å²) in [4.78, 5) is 40.2. The lowest BCUT2D eigenvalue weighted by atomic mass is 9.97. The van der Waals surface area contributed by atoms with Gasteiger partial charge in [-0.05, 0) is 23.6 Å². The van der Waals surface area contributed by atoms with Crippen LogP contribution in [-0.2, 0) is 51.7 Å². The van der Waals surface area contributed by atoms with Crippen molar-refractivity contribution in [2.45, 2.75) is 140 Å². The maximum Gasteiger partial charge on any atom is 0.230 e. The third-order valence-corrected chi connectivity index (χ3v) is 17.0. The second kappa shape index (κ2) is 31.2. The molecule has 0 saturated carbocycles. The summed E-state index contributed by atoms with van der Waals surface area (Å²) in [7, 11) is -2.41. The Bertz CT molecular complexity index is 1690. The Morgan fingerprint density at radius 2 is 0.890 bits per heavy atom. The lowest BCUT2D eigenvalue weighted by Gasteiger charge is -2.46. The summed E-state index contributed by atoms with van der Waals surface area (Å²) >= 11 is 1.57. The summed E-state index contributed by atoms with van der Waals surface area (Å²) in [5.74, 6) is -1.62. The molecule has 0 aromatic rings. The number of aliphatic hydroxyl groups is 14. The first-order chi connectivity index (χ1) is 34.5. The summed E-state index contributed by atoms with van der Waals surface area (Å²) in [6.07, 6.45) is -27.3. The molecule has 33 heteroatoms. The lowest BCUT2D eigenvalue weighted by molar-refractivity contribution is -0.338. The Morgan fingerprint density at radius 3 is 1.26 bits per heavy atom. The fourth-order valence-electron chi connectivity index (χ4n) is 7.89. The zero-order chi connectivity index (χ0) is 54.2. The number of thioether (sulfide) groups is 2. The predicted octanol–water partition coefficient (Wildman–Crippen LogP) is -9.79. The SMILES string of the molecule is CS(=O)(=O)SCCCCC(=O)NCCN(CCNC(=O)CS[C@@H]1O[C@H](CO)[C@H](O[C@H]2O[C@H](CO)[C@H](O)[C@H](O)[C@H]2O)[C@H](O)[C@H]1O)CCNC(=O)CS[C@@H]1O[C@H](CO)[C@H](O[C@H]2O[C@H](CO)[C@H](O)[C@H](O)[C@H]2O)[C@H](O)[C@H]1O. The molecule has 73 heavy (non-hydrogen) atoms. The van der Waals surface area contributed by atoms with E-state index in [9.17, 15) is 94.3 Å². The highest BCUT2D eigenvalue weighted by Gasteiger charge is 2.52. The van der Waals surface area contributed by atoms with E-state index in [1.165, 1.54) is 0 Å². The van der Waals surface area contributed by atoms with Crippen LogP contribution in [0, 0.1) is 0 Å². The molecule has 0 spiro atoms. The molecule has 4 aliphatic heterocycles. The van der Waals surface area contributed by atoms with Crippen molar-refractivity contribution in [3.05, 3.63) is 0 Å². The molecule has 0 aromatic carbocycles. The van der Waals surface area contributed by atoms with Crippen molar-refractivity contribution in [1.29, 1.82) is 0 Å². The average Bonchev–Trinajstić information content (AvgIpc) is 3.35. The Kier molecular flexibility index (Phi) is 27.4. The van der Waals surface area contributed by atoms with Gasteiger partial charge in [0.25, 0.3) is 0 Å². The van der Waals surface area contributed by atoms with E-state index >= 15 is 0 Å². The number of nitrogens with zero attached hydrogens (tertiary/aromatic N) is 1. The van der Waals surface area contributed by atoms with Crippen LogP contribution in [0.1, 0.15) is 19.3 Å². The van der Waals surface area contributed by atoms with Crippen LogP contribution in [0.5, 0.6) is 0 Å². The first-order valence-electron chi connectivity index (χ1n) is 23.3. The summed E-state index contributed by atoms with van der Waals surface area (Å²) in [6, 6.07) is 0. The molecule has 3 amide bonds. The zero-order valence-electron chi connectivity index (χ0n) is 39.7. The highest BCUT2D eigenvalue weighted by molar-refractivity contribution is 8.71. The van der Waals surface area contributed by atoms with Gasteiger partial charge in [-0.25, -0.2) is 8.42 Å². The maximum atomic E-state index is 13.0. The third kappa shape index (κ3) is 19.2. The van der Waals surface area contributed by atoms with Gasteiger partial charge in [0.15, 0.2) is 21.4 Å². The second-order valence-electron chi connectivity index (χ2n) is 17.5. The maximum absolute atomic E-state index is 13.0. The average molecular weight is 1140 g/mol. The molecule has 4 fully saturated rings. The summed E-state index contributed by atoms with van der Waals surface area (Å²) in [6.45, 7) is -2.17. The molecule has 0 unspecified atom stereocenters. The molecular formula is C40H72N4O25S4.